The smallest absolute Gasteiger partial charge is 0.336 e. The summed E-state index contributed by atoms with van der Waals surface area (Å²) in [5.74, 6) is 1.70. The third-order valence-electron chi connectivity index (χ3n) is 6.52. The Kier molecular flexibility index (Phi) is 7.05. The molecule has 2 atom stereocenters. The van der Waals surface area contributed by atoms with Gasteiger partial charge in [-0.15, -0.1) is 0 Å². The number of carbonyl (C=O) groups is 2. The summed E-state index contributed by atoms with van der Waals surface area (Å²) in [7, 11) is 3.20. The maximum atomic E-state index is 13.7. The molecule has 35 heavy (non-hydrogen) atoms. The lowest BCUT2D eigenvalue weighted by atomic mass is 9.73. The quantitative estimate of drug-likeness (QED) is 0.549. The molecule has 0 spiro atoms. The van der Waals surface area contributed by atoms with E-state index in [1.807, 2.05) is 58.0 Å². The van der Waals surface area contributed by atoms with Gasteiger partial charge >= 0.3 is 5.97 Å². The van der Waals surface area contributed by atoms with Gasteiger partial charge in [0.05, 0.1) is 32.3 Å². The van der Waals surface area contributed by atoms with E-state index in [-0.39, 0.29) is 17.6 Å². The molecule has 1 aliphatic carbocycles. The fourth-order valence-corrected chi connectivity index (χ4v) is 4.87. The molecule has 2 aromatic rings. The van der Waals surface area contributed by atoms with Crippen LogP contribution in [0.2, 0.25) is 0 Å². The van der Waals surface area contributed by atoms with E-state index in [4.69, 9.17) is 18.6 Å². The fraction of sp³-hybridized carbons (Fsp3) is 0.429. The molecule has 186 valence electrons. The third-order valence-corrected chi connectivity index (χ3v) is 6.52. The van der Waals surface area contributed by atoms with Crippen molar-refractivity contribution in [2.75, 3.05) is 20.8 Å². The van der Waals surface area contributed by atoms with Crippen molar-refractivity contribution in [3.63, 3.8) is 0 Å². The number of esters is 1. The number of dihydropyridines is 1. The number of Topliss-reactive ketones (excluding diaryl/α,β-unsaturated/α-hetero) is 1. The largest absolute Gasteiger partial charge is 0.493 e. The minimum Gasteiger partial charge on any atom is -0.493 e. The van der Waals surface area contributed by atoms with E-state index < -0.39 is 11.9 Å². The second kappa shape index (κ2) is 10.0. The number of hydrogen-bond donors (Lipinski definition) is 1. The molecule has 0 amide bonds. The first-order valence-electron chi connectivity index (χ1n) is 11.9. The van der Waals surface area contributed by atoms with E-state index in [1.54, 1.807) is 14.2 Å². The Hall–Kier alpha value is -3.48. The van der Waals surface area contributed by atoms with Gasteiger partial charge in [-0.3, -0.25) is 4.79 Å². The maximum Gasteiger partial charge on any atom is 0.336 e. The first-order valence-corrected chi connectivity index (χ1v) is 11.9. The van der Waals surface area contributed by atoms with Crippen LogP contribution in [0.25, 0.3) is 0 Å². The van der Waals surface area contributed by atoms with Crippen LogP contribution in [0.5, 0.6) is 11.5 Å². The highest BCUT2D eigenvalue weighted by Gasteiger charge is 2.43. The molecule has 4 rings (SSSR count). The Morgan fingerprint density at radius 3 is 2.46 bits per heavy atom. The van der Waals surface area contributed by atoms with Gasteiger partial charge in [-0.25, -0.2) is 4.79 Å². The van der Waals surface area contributed by atoms with E-state index in [2.05, 4.69) is 5.32 Å². The van der Waals surface area contributed by atoms with Crippen LogP contribution in [0.1, 0.15) is 62.5 Å². The van der Waals surface area contributed by atoms with Crippen LogP contribution < -0.4 is 14.8 Å². The summed E-state index contributed by atoms with van der Waals surface area (Å²) in [6.45, 7) is 7.98. The first kappa shape index (κ1) is 24.6. The van der Waals surface area contributed by atoms with Gasteiger partial charge in [-0.2, -0.15) is 0 Å². The molecule has 2 heterocycles. The van der Waals surface area contributed by atoms with Gasteiger partial charge in [0.1, 0.15) is 11.5 Å². The molecule has 7 nitrogen and oxygen atoms in total. The van der Waals surface area contributed by atoms with E-state index >= 15 is 0 Å². The van der Waals surface area contributed by atoms with Gasteiger partial charge in [-0.05, 0) is 61.9 Å². The van der Waals surface area contributed by atoms with Crippen LogP contribution in [0.3, 0.4) is 0 Å². The van der Waals surface area contributed by atoms with Crippen LogP contribution in [-0.2, 0) is 14.3 Å². The van der Waals surface area contributed by atoms with Gasteiger partial charge < -0.3 is 23.9 Å². The second-order valence-corrected chi connectivity index (χ2v) is 9.57. The fourth-order valence-electron chi connectivity index (χ4n) is 4.87. The zero-order chi connectivity index (χ0) is 25.3. The molecule has 0 fully saturated rings. The van der Waals surface area contributed by atoms with Crippen molar-refractivity contribution < 1.29 is 28.2 Å². The van der Waals surface area contributed by atoms with Crippen molar-refractivity contribution in [1.29, 1.82) is 0 Å². The normalized spacial score (nSPS) is 20.0. The number of rotatable bonds is 7. The number of aryl methyl sites for hydroxylation is 1. The van der Waals surface area contributed by atoms with Crippen molar-refractivity contribution in [1.82, 2.24) is 5.32 Å². The lowest BCUT2D eigenvalue weighted by Gasteiger charge is -2.36. The van der Waals surface area contributed by atoms with Gasteiger partial charge in [0.15, 0.2) is 17.3 Å². The molecule has 0 bridgehead atoms. The first-order chi connectivity index (χ1) is 16.7. The third kappa shape index (κ3) is 4.85. The zero-order valence-electron chi connectivity index (χ0n) is 21.2. The molecule has 0 radical (unpaired) electrons. The zero-order valence-corrected chi connectivity index (χ0v) is 21.2. The Labute approximate surface area is 206 Å². The molecule has 1 aromatic carbocycles. The number of carbonyl (C=O) groups excluding carboxylic acids is 2. The monoisotopic (exact) mass is 479 g/mol. The van der Waals surface area contributed by atoms with Gasteiger partial charge in [-0.1, -0.05) is 19.9 Å². The second-order valence-electron chi connectivity index (χ2n) is 9.57. The number of hydrogen-bond acceptors (Lipinski definition) is 7. The van der Waals surface area contributed by atoms with Crippen LogP contribution >= 0.6 is 0 Å². The summed E-state index contributed by atoms with van der Waals surface area (Å²) in [4.78, 5) is 26.8. The van der Waals surface area contributed by atoms with Crippen LogP contribution in [0.4, 0.5) is 0 Å². The molecule has 1 aliphatic heterocycles. The summed E-state index contributed by atoms with van der Waals surface area (Å²) in [6, 6.07) is 9.45. The summed E-state index contributed by atoms with van der Waals surface area (Å²) in [5.41, 5.74) is 3.50. The molecule has 7 heteroatoms. The van der Waals surface area contributed by atoms with Crippen molar-refractivity contribution in [2.45, 2.75) is 52.4 Å². The highest BCUT2D eigenvalue weighted by molar-refractivity contribution is 6.04. The molecular formula is C28H33NO6. The van der Waals surface area contributed by atoms with Crippen molar-refractivity contribution in [2.24, 2.45) is 5.92 Å². The number of allylic oxidation sites excluding steroid dienone is 3. The lowest BCUT2D eigenvalue weighted by molar-refractivity contribution is -0.140. The predicted molar refractivity (Wildman–Crippen MR) is 131 cm³/mol. The highest BCUT2D eigenvalue weighted by atomic mass is 16.5. The lowest BCUT2D eigenvalue weighted by Crippen LogP contribution is -2.36. The molecule has 1 aromatic heterocycles. The summed E-state index contributed by atoms with van der Waals surface area (Å²) >= 11 is 0. The van der Waals surface area contributed by atoms with E-state index in [0.29, 0.717) is 53.6 Å². The van der Waals surface area contributed by atoms with E-state index in [1.165, 1.54) is 0 Å². The average Bonchev–Trinajstić information content (AvgIpc) is 3.26. The van der Waals surface area contributed by atoms with Crippen molar-refractivity contribution in [3.8, 4) is 11.5 Å². The molecule has 0 saturated heterocycles. The Morgan fingerprint density at radius 2 is 1.83 bits per heavy atom. The van der Waals surface area contributed by atoms with E-state index in [9.17, 15) is 9.59 Å². The highest BCUT2D eigenvalue weighted by Crippen LogP contribution is 2.46. The summed E-state index contributed by atoms with van der Waals surface area (Å²) < 4.78 is 22.4. The number of ether oxygens (including phenoxy) is 3. The predicted octanol–water partition coefficient (Wildman–Crippen LogP) is 5.17. The van der Waals surface area contributed by atoms with Gasteiger partial charge in [0.2, 0.25) is 0 Å². The Morgan fingerprint density at radius 1 is 1.09 bits per heavy atom. The molecule has 1 N–H and O–H groups in total. The Balaban J connectivity index is 1.72. The van der Waals surface area contributed by atoms with E-state index in [0.717, 1.165) is 17.0 Å². The van der Waals surface area contributed by atoms with Crippen molar-refractivity contribution in [3.05, 3.63) is 70.0 Å². The van der Waals surface area contributed by atoms with Gasteiger partial charge in [0, 0.05) is 23.4 Å². The number of ketones is 1. The standard InChI is InChI=1S/C28H33NO6/c1-15(2)14-34-28(31)25-17(4)29-20-11-19(18-8-10-22(32-5)24(13-18)33-6)12-21(30)26(20)27(25)23-9-7-16(3)35-23/h7-10,13,15,19,27,29H,11-12,14H2,1-6H3. The van der Waals surface area contributed by atoms with Crippen LogP contribution in [-0.4, -0.2) is 32.6 Å². The number of methoxy groups -OCH3 is 2. The minimum absolute atomic E-state index is 0.0146. The van der Waals surface area contributed by atoms with Crippen LogP contribution in [0, 0.1) is 12.8 Å². The molecule has 2 aliphatic rings. The number of nitrogens with one attached hydrogen (secondary N) is 1. The number of furan rings is 1. The minimum atomic E-state index is -0.599. The summed E-state index contributed by atoms with van der Waals surface area (Å²) in [6.07, 6.45) is 0.942. The topological polar surface area (TPSA) is 87.0 Å². The van der Waals surface area contributed by atoms with Gasteiger partial charge in [0.25, 0.3) is 0 Å². The molecule has 0 saturated carbocycles. The number of benzene rings is 1. The molecular weight excluding hydrogens is 446 g/mol. The van der Waals surface area contributed by atoms with Crippen LogP contribution in [0.15, 0.2) is 57.3 Å². The summed E-state index contributed by atoms with van der Waals surface area (Å²) in [5, 5.41) is 3.36. The maximum absolute atomic E-state index is 13.7. The Bertz CT molecular complexity index is 1200. The molecule has 2 unspecified atom stereocenters. The SMILES string of the molecule is COc1ccc(C2CC(=O)C3=C(C2)NC(C)=C(C(=O)OCC(C)C)C3c2ccc(C)o2)cc1OC. The average molecular weight is 480 g/mol. The van der Waals surface area contributed by atoms with Crippen molar-refractivity contribution >= 4 is 11.8 Å².